The average Bonchev–Trinajstić information content (AvgIpc) is 2.79. The summed E-state index contributed by atoms with van der Waals surface area (Å²) in [6, 6.07) is -1.25. The maximum Gasteiger partial charge on any atom is 0.472 e. The quantitative estimate of drug-likeness (QED) is 0.0915. The lowest BCUT2D eigenvalue weighted by atomic mass is 9.76. The number of hydrogen-bond acceptors (Lipinski definition) is 11. The Labute approximate surface area is 236 Å². The van der Waals surface area contributed by atoms with Gasteiger partial charge in [-0.3, -0.25) is 47.7 Å². The number of nitrogens with zero attached hydrogens (tertiary/aromatic N) is 3. The molecule has 41 heavy (non-hydrogen) atoms. The number of aliphatic carboxylic acids is 5. The lowest BCUT2D eigenvalue weighted by Gasteiger charge is -2.35. The first-order valence-corrected chi connectivity index (χ1v) is 14.3. The number of carbonyl (C=O) groups is 5. The highest BCUT2D eigenvalue weighted by Gasteiger charge is 2.35. The molecular formula is C23H40N3O14P. The standard InChI is InChI=1S/C23H40N3O14P/c1-23(2)5-3-17(4-6-23)40-41(37,38)39-15-16(26(13-21(33)34)14-22(35)36)9-24(10-18(27)28)7-8-25(11-19(29)30)12-20(31)32/h16-17H,3-15H2,1-2H3,(H,27,28)(H,29,30)(H,31,32)(H,33,34)(H,35,36)(H,37,38). The van der Waals surface area contributed by atoms with Crippen LogP contribution in [0.5, 0.6) is 0 Å². The van der Waals surface area contributed by atoms with Gasteiger partial charge in [0.2, 0.25) is 0 Å². The van der Waals surface area contributed by atoms with Crippen LogP contribution < -0.4 is 0 Å². The molecule has 2 atom stereocenters. The van der Waals surface area contributed by atoms with E-state index in [1.54, 1.807) is 0 Å². The molecule has 1 aliphatic carbocycles. The molecule has 0 radical (unpaired) electrons. The first-order chi connectivity index (χ1) is 18.9. The molecule has 2 unspecified atom stereocenters. The molecule has 0 aromatic rings. The Kier molecular flexibility index (Phi) is 14.8. The number of carboxylic acids is 5. The molecule has 0 aromatic carbocycles. The lowest BCUT2D eigenvalue weighted by molar-refractivity contribution is -0.145. The lowest BCUT2D eigenvalue weighted by Crippen LogP contribution is -2.52. The van der Waals surface area contributed by atoms with E-state index in [-0.39, 0.29) is 18.5 Å². The van der Waals surface area contributed by atoms with Gasteiger partial charge in [-0.05, 0) is 31.1 Å². The highest BCUT2D eigenvalue weighted by atomic mass is 31.2. The second-order valence-electron chi connectivity index (χ2n) is 10.7. The van der Waals surface area contributed by atoms with E-state index in [9.17, 15) is 48.8 Å². The van der Waals surface area contributed by atoms with E-state index in [4.69, 9.17) is 19.3 Å². The van der Waals surface area contributed by atoms with Crippen LogP contribution in [0, 0.1) is 5.41 Å². The zero-order valence-corrected chi connectivity index (χ0v) is 24.0. The fourth-order valence-electron chi connectivity index (χ4n) is 4.42. The molecule has 0 aromatic heterocycles. The monoisotopic (exact) mass is 613 g/mol. The molecule has 6 N–H and O–H groups in total. The Morgan fingerprint density at radius 3 is 1.63 bits per heavy atom. The summed E-state index contributed by atoms with van der Waals surface area (Å²) >= 11 is 0. The van der Waals surface area contributed by atoms with Gasteiger partial charge in [-0.2, -0.15) is 0 Å². The van der Waals surface area contributed by atoms with Crippen LogP contribution >= 0.6 is 7.82 Å². The van der Waals surface area contributed by atoms with E-state index in [1.807, 2.05) is 0 Å². The molecular weight excluding hydrogens is 573 g/mol. The van der Waals surface area contributed by atoms with Gasteiger partial charge in [0.25, 0.3) is 0 Å². The van der Waals surface area contributed by atoms with Crippen LogP contribution in [0.15, 0.2) is 0 Å². The van der Waals surface area contributed by atoms with Gasteiger partial charge in [0.15, 0.2) is 0 Å². The molecule has 18 heteroatoms. The van der Waals surface area contributed by atoms with Gasteiger partial charge >= 0.3 is 37.7 Å². The van der Waals surface area contributed by atoms with Gasteiger partial charge < -0.3 is 30.4 Å². The molecule has 236 valence electrons. The van der Waals surface area contributed by atoms with E-state index in [2.05, 4.69) is 13.8 Å². The van der Waals surface area contributed by atoms with Gasteiger partial charge in [-0.1, -0.05) is 13.8 Å². The third-order valence-electron chi connectivity index (χ3n) is 6.47. The minimum absolute atomic E-state index is 0.0531. The third kappa shape index (κ3) is 16.4. The molecule has 1 saturated carbocycles. The highest BCUT2D eigenvalue weighted by molar-refractivity contribution is 7.47. The molecule has 0 saturated heterocycles. The van der Waals surface area contributed by atoms with Crippen molar-refractivity contribution >= 4 is 37.7 Å². The normalized spacial score (nSPS) is 17.8. The maximum absolute atomic E-state index is 12.7. The molecule has 0 amide bonds. The van der Waals surface area contributed by atoms with Crippen molar-refractivity contribution in [3.8, 4) is 0 Å². The highest BCUT2D eigenvalue weighted by Crippen LogP contribution is 2.48. The fraction of sp³-hybridized carbons (Fsp3) is 0.783. The van der Waals surface area contributed by atoms with Crippen LogP contribution in [0.2, 0.25) is 0 Å². The summed E-state index contributed by atoms with van der Waals surface area (Å²) in [4.78, 5) is 70.1. The summed E-state index contributed by atoms with van der Waals surface area (Å²) in [6.45, 7) is -1.08. The Morgan fingerprint density at radius 2 is 1.20 bits per heavy atom. The van der Waals surface area contributed by atoms with E-state index in [0.717, 1.165) is 22.6 Å². The minimum Gasteiger partial charge on any atom is -0.480 e. The van der Waals surface area contributed by atoms with Crippen molar-refractivity contribution < 1.29 is 68.0 Å². The Balaban J connectivity index is 3.11. The predicted molar refractivity (Wildman–Crippen MR) is 139 cm³/mol. The Morgan fingerprint density at radius 1 is 0.780 bits per heavy atom. The first kappa shape index (κ1) is 36.4. The van der Waals surface area contributed by atoms with Gasteiger partial charge in [0.1, 0.15) is 0 Å². The van der Waals surface area contributed by atoms with E-state index in [1.165, 1.54) is 4.90 Å². The van der Waals surface area contributed by atoms with Gasteiger partial charge in [0, 0.05) is 25.7 Å². The van der Waals surface area contributed by atoms with Gasteiger partial charge in [-0.15, -0.1) is 0 Å². The number of phosphoric acid groups is 1. The molecule has 0 heterocycles. The van der Waals surface area contributed by atoms with E-state index in [0.29, 0.717) is 12.8 Å². The predicted octanol–water partition coefficient (Wildman–Crippen LogP) is -0.214. The molecule has 0 bridgehead atoms. The van der Waals surface area contributed by atoms with Crippen LogP contribution in [0.1, 0.15) is 39.5 Å². The number of phosphoric ester groups is 1. The number of hydrogen-bond donors (Lipinski definition) is 6. The summed E-state index contributed by atoms with van der Waals surface area (Å²) in [5.41, 5.74) is 0.0531. The van der Waals surface area contributed by atoms with Crippen LogP contribution in [0.3, 0.4) is 0 Å². The molecule has 1 rings (SSSR count). The SMILES string of the molecule is CC1(C)CCC(OP(=O)(O)OCC(CN(CCN(CC(=O)O)CC(=O)O)CC(=O)O)N(CC(=O)O)CC(=O)O)CC1. The van der Waals surface area contributed by atoms with E-state index < -0.39 is 95.7 Å². The van der Waals surface area contributed by atoms with Gasteiger partial charge in [0.05, 0.1) is 45.4 Å². The summed E-state index contributed by atoms with van der Waals surface area (Å²) in [5.74, 6) is -6.84. The Hall–Kier alpha value is -2.66. The zero-order chi connectivity index (χ0) is 31.4. The minimum atomic E-state index is -4.69. The maximum atomic E-state index is 12.7. The third-order valence-corrected chi connectivity index (χ3v) is 7.51. The molecule has 1 aliphatic rings. The molecule has 0 spiro atoms. The second-order valence-corrected chi connectivity index (χ2v) is 12.1. The summed E-state index contributed by atoms with van der Waals surface area (Å²) < 4.78 is 23.2. The number of rotatable bonds is 21. The summed E-state index contributed by atoms with van der Waals surface area (Å²) in [5, 5.41) is 46.1. The van der Waals surface area contributed by atoms with Crippen LogP contribution in [0.25, 0.3) is 0 Å². The van der Waals surface area contributed by atoms with Crippen LogP contribution in [-0.4, -0.2) is 146 Å². The first-order valence-electron chi connectivity index (χ1n) is 12.8. The van der Waals surface area contributed by atoms with E-state index >= 15 is 0 Å². The molecule has 17 nitrogen and oxygen atoms in total. The van der Waals surface area contributed by atoms with Crippen molar-refractivity contribution in [2.75, 3.05) is 59.0 Å². The average molecular weight is 614 g/mol. The fourth-order valence-corrected chi connectivity index (χ4v) is 5.42. The smallest absolute Gasteiger partial charge is 0.472 e. The van der Waals surface area contributed by atoms with Crippen molar-refractivity contribution in [3.63, 3.8) is 0 Å². The Bertz CT molecular complexity index is 935. The van der Waals surface area contributed by atoms with Crippen molar-refractivity contribution in [1.82, 2.24) is 14.7 Å². The summed E-state index contributed by atoms with van der Waals surface area (Å²) in [6.07, 6.45) is 1.94. The van der Waals surface area contributed by atoms with Crippen LogP contribution in [0.4, 0.5) is 0 Å². The second kappa shape index (κ2) is 16.7. The van der Waals surface area contributed by atoms with Crippen molar-refractivity contribution in [1.29, 1.82) is 0 Å². The summed E-state index contributed by atoms with van der Waals surface area (Å²) in [7, 11) is -4.69. The molecule has 1 fully saturated rings. The van der Waals surface area contributed by atoms with Crippen LogP contribution in [-0.2, 0) is 37.6 Å². The van der Waals surface area contributed by atoms with Gasteiger partial charge in [-0.25, -0.2) is 4.57 Å². The number of carboxylic acid groups (broad SMARTS) is 5. The topological polar surface area (TPSA) is 252 Å². The van der Waals surface area contributed by atoms with Crippen molar-refractivity contribution in [3.05, 3.63) is 0 Å². The van der Waals surface area contributed by atoms with Crippen molar-refractivity contribution in [2.45, 2.75) is 51.7 Å². The van der Waals surface area contributed by atoms with Crippen molar-refractivity contribution in [2.24, 2.45) is 5.41 Å². The zero-order valence-electron chi connectivity index (χ0n) is 23.1. The molecule has 0 aliphatic heterocycles. The largest absolute Gasteiger partial charge is 0.480 e.